The van der Waals surface area contributed by atoms with Gasteiger partial charge in [0.2, 0.25) is 0 Å². The summed E-state index contributed by atoms with van der Waals surface area (Å²) in [6.45, 7) is 7.35. The molecule has 0 aliphatic carbocycles. The van der Waals surface area contributed by atoms with Crippen molar-refractivity contribution in [2.75, 3.05) is 31.1 Å². The fourth-order valence-electron chi connectivity index (χ4n) is 4.28. The van der Waals surface area contributed by atoms with Gasteiger partial charge >= 0.3 is 0 Å². The number of hydrogen-bond donors (Lipinski definition) is 0. The first-order chi connectivity index (χ1) is 13.9. The fraction of sp³-hybridized carbons (Fsp3) is 0.500. The smallest absolute Gasteiger partial charge is 0.259 e. The third-order valence-electron chi connectivity index (χ3n) is 5.79. The summed E-state index contributed by atoms with van der Waals surface area (Å²) in [7, 11) is 0. The summed E-state index contributed by atoms with van der Waals surface area (Å²) in [6.07, 6.45) is 1.64. The Labute approximate surface area is 170 Å². The van der Waals surface area contributed by atoms with Crippen LogP contribution in [0.25, 0.3) is 0 Å². The molecule has 2 aliphatic rings. The van der Waals surface area contributed by atoms with E-state index in [1.807, 2.05) is 49.1 Å². The predicted molar refractivity (Wildman–Crippen MR) is 108 cm³/mol. The van der Waals surface area contributed by atoms with E-state index in [1.165, 1.54) is 0 Å². The molecular weight excluding hydrogens is 370 g/mol. The van der Waals surface area contributed by atoms with Gasteiger partial charge in [0, 0.05) is 12.2 Å². The van der Waals surface area contributed by atoms with Crippen LogP contribution in [0.1, 0.15) is 54.4 Å². The van der Waals surface area contributed by atoms with Crippen molar-refractivity contribution in [1.29, 1.82) is 0 Å². The first-order valence-electron chi connectivity index (χ1n) is 10.1. The number of carbonyl (C=O) groups excluding carboxylic acids is 2. The normalized spacial score (nSPS) is 22.6. The van der Waals surface area contributed by atoms with Crippen molar-refractivity contribution < 1.29 is 18.8 Å². The van der Waals surface area contributed by atoms with E-state index in [1.54, 1.807) is 11.8 Å². The Hall–Kier alpha value is -2.67. The Kier molecular flexibility index (Phi) is 5.17. The molecule has 7 nitrogen and oxygen atoms in total. The minimum Gasteiger partial charge on any atom is -0.361 e. The quantitative estimate of drug-likeness (QED) is 0.795. The lowest BCUT2D eigenvalue weighted by Gasteiger charge is -2.47. The van der Waals surface area contributed by atoms with E-state index in [4.69, 9.17) is 9.26 Å². The molecule has 2 aliphatic heterocycles. The van der Waals surface area contributed by atoms with Gasteiger partial charge in [0.15, 0.2) is 0 Å². The van der Waals surface area contributed by atoms with E-state index < -0.39 is 5.60 Å². The molecular formula is C22H27N3O4. The highest BCUT2D eigenvalue weighted by atomic mass is 16.5. The zero-order chi connectivity index (χ0) is 20.6. The number of amides is 2. The zero-order valence-electron chi connectivity index (χ0n) is 17.2. The number of para-hydroxylation sites is 1. The number of ether oxygens (including phenoxy) is 1. The minimum absolute atomic E-state index is 0.0282. The molecule has 1 aromatic carbocycles. The van der Waals surface area contributed by atoms with Crippen LogP contribution in [0.5, 0.6) is 0 Å². The molecule has 2 amide bonds. The standard InChI is InChI=1S/C22H27N3O4/c1-15(2)20-19(16(3)29-23-20)21(27)24-11-7-10-22(13-24)14-25(18(26)12-28-22)17-8-5-4-6-9-17/h4-6,8-9,15H,7,10-14H2,1-3H3. The summed E-state index contributed by atoms with van der Waals surface area (Å²) in [6, 6.07) is 9.63. The number of aromatic nitrogens is 1. The van der Waals surface area contributed by atoms with Gasteiger partial charge in [0.25, 0.3) is 11.8 Å². The van der Waals surface area contributed by atoms with Gasteiger partial charge in [-0.15, -0.1) is 0 Å². The lowest BCUT2D eigenvalue weighted by Crippen LogP contribution is -2.62. The first kappa shape index (κ1) is 19.6. The van der Waals surface area contributed by atoms with Gasteiger partial charge in [-0.25, -0.2) is 0 Å². The van der Waals surface area contributed by atoms with Crippen molar-refractivity contribution in [3.8, 4) is 0 Å². The molecule has 2 aromatic rings. The molecule has 1 atom stereocenters. The molecule has 0 N–H and O–H groups in total. The Balaban J connectivity index is 1.57. The molecule has 2 saturated heterocycles. The van der Waals surface area contributed by atoms with Gasteiger partial charge in [-0.3, -0.25) is 9.59 Å². The van der Waals surface area contributed by atoms with Gasteiger partial charge in [-0.1, -0.05) is 37.2 Å². The molecule has 1 spiro atoms. The van der Waals surface area contributed by atoms with Crippen molar-refractivity contribution in [1.82, 2.24) is 10.1 Å². The van der Waals surface area contributed by atoms with E-state index in [9.17, 15) is 9.59 Å². The largest absolute Gasteiger partial charge is 0.361 e. The van der Waals surface area contributed by atoms with Crippen molar-refractivity contribution in [2.24, 2.45) is 0 Å². The number of aryl methyl sites for hydroxylation is 1. The van der Waals surface area contributed by atoms with E-state index in [0.717, 1.165) is 18.5 Å². The number of benzene rings is 1. The maximum Gasteiger partial charge on any atom is 0.259 e. The molecule has 0 bridgehead atoms. The van der Waals surface area contributed by atoms with Crippen molar-refractivity contribution in [3.05, 3.63) is 47.3 Å². The Morgan fingerprint density at radius 3 is 2.69 bits per heavy atom. The van der Waals surface area contributed by atoms with Gasteiger partial charge in [0.05, 0.1) is 18.8 Å². The number of morpholine rings is 1. The van der Waals surface area contributed by atoms with Crippen molar-refractivity contribution in [2.45, 2.75) is 45.1 Å². The summed E-state index contributed by atoms with van der Waals surface area (Å²) in [5.41, 5.74) is 1.56. The monoisotopic (exact) mass is 397 g/mol. The fourth-order valence-corrected chi connectivity index (χ4v) is 4.28. The summed E-state index contributed by atoms with van der Waals surface area (Å²) < 4.78 is 11.4. The number of likely N-dealkylation sites (tertiary alicyclic amines) is 1. The van der Waals surface area contributed by atoms with Crippen LogP contribution in [0.2, 0.25) is 0 Å². The van der Waals surface area contributed by atoms with Crippen LogP contribution in [0.15, 0.2) is 34.9 Å². The summed E-state index contributed by atoms with van der Waals surface area (Å²) in [4.78, 5) is 29.4. The summed E-state index contributed by atoms with van der Waals surface area (Å²) >= 11 is 0. The van der Waals surface area contributed by atoms with Crippen LogP contribution >= 0.6 is 0 Å². The van der Waals surface area contributed by atoms with Crippen LogP contribution in [-0.4, -0.2) is 53.7 Å². The minimum atomic E-state index is -0.555. The van der Waals surface area contributed by atoms with Crippen LogP contribution in [0, 0.1) is 6.92 Å². The lowest BCUT2D eigenvalue weighted by atomic mass is 9.89. The highest BCUT2D eigenvalue weighted by Crippen LogP contribution is 2.33. The number of piperidine rings is 1. The van der Waals surface area contributed by atoms with E-state index in [-0.39, 0.29) is 24.3 Å². The van der Waals surface area contributed by atoms with Crippen LogP contribution in [0.4, 0.5) is 5.69 Å². The highest BCUT2D eigenvalue weighted by Gasteiger charge is 2.45. The molecule has 7 heteroatoms. The maximum absolute atomic E-state index is 13.3. The third-order valence-corrected chi connectivity index (χ3v) is 5.79. The SMILES string of the molecule is Cc1onc(C(C)C)c1C(=O)N1CCCC2(C1)CN(c1ccccc1)C(=O)CO2. The topological polar surface area (TPSA) is 75.9 Å². The van der Waals surface area contributed by atoms with Crippen molar-refractivity contribution >= 4 is 17.5 Å². The molecule has 4 rings (SSSR count). The lowest BCUT2D eigenvalue weighted by molar-refractivity contribution is -0.144. The third kappa shape index (κ3) is 3.67. The van der Waals surface area contributed by atoms with Crippen LogP contribution in [-0.2, 0) is 9.53 Å². The van der Waals surface area contributed by atoms with Crippen LogP contribution in [0.3, 0.4) is 0 Å². The zero-order valence-corrected chi connectivity index (χ0v) is 17.2. The Morgan fingerprint density at radius 1 is 1.21 bits per heavy atom. The molecule has 154 valence electrons. The average molecular weight is 397 g/mol. The van der Waals surface area contributed by atoms with Gasteiger partial charge in [-0.2, -0.15) is 0 Å². The molecule has 0 saturated carbocycles. The number of rotatable bonds is 3. The molecule has 1 aromatic heterocycles. The molecule has 2 fully saturated rings. The van der Waals surface area contributed by atoms with Crippen LogP contribution < -0.4 is 4.90 Å². The summed E-state index contributed by atoms with van der Waals surface area (Å²) in [5, 5.41) is 4.09. The van der Waals surface area contributed by atoms with E-state index in [0.29, 0.717) is 36.7 Å². The Bertz CT molecular complexity index is 908. The molecule has 3 heterocycles. The maximum atomic E-state index is 13.3. The average Bonchev–Trinajstić information content (AvgIpc) is 3.12. The van der Waals surface area contributed by atoms with Gasteiger partial charge in [0.1, 0.15) is 23.5 Å². The van der Waals surface area contributed by atoms with E-state index in [2.05, 4.69) is 5.16 Å². The Morgan fingerprint density at radius 2 is 1.97 bits per heavy atom. The highest BCUT2D eigenvalue weighted by molar-refractivity contribution is 5.97. The molecule has 1 unspecified atom stereocenters. The molecule has 0 radical (unpaired) electrons. The number of carbonyl (C=O) groups is 2. The van der Waals surface area contributed by atoms with Crippen molar-refractivity contribution in [3.63, 3.8) is 0 Å². The van der Waals surface area contributed by atoms with E-state index >= 15 is 0 Å². The van der Waals surface area contributed by atoms with Gasteiger partial charge in [-0.05, 0) is 37.8 Å². The predicted octanol–water partition coefficient (Wildman–Crippen LogP) is 3.14. The molecule has 29 heavy (non-hydrogen) atoms. The van der Waals surface area contributed by atoms with Gasteiger partial charge < -0.3 is 19.1 Å². The number of hydrogen-bond acceptors (Lipinski definition) is 5. The summed E-state index contributed by atoms with van der Waals surface area (Å²) in [5.74, 6) is 0.520. The second-order valence-corrected chi connectivity index (χ2v) is 8.27. The second-order valence-electron chi connectivity index (χ2n) is 8.27. The number of nitrogens with zero attached hydrogens (tertiary/aromatic N) is 3. The number of anilines is 1. The second kappa shape index (κ2) is 7.63. The first-order valence-corrected chi connectivity index (χ1v) is 10.1.